The lowest BCUT2D eigenvalue weighted by molar-refractivity contribution is -0.137. The first-order chi connectivity index (χ1) is 12.8. The van der Waals surface area contributed by atoms with E-state index in [1.807, 2.05) is 24.3 Å². The molecule has 0 saturated carbocycles. The molecule has 2 fully saturated rings. The van der Waals surface area contributed by atoms with Gasteiger partial charge in [-0.3, -0.25) is 10.1 Å². The fourth-order valence-corrected chi connectivity index (χ4v) is 4.33. The predicted molar refractivity (Wildman–Crippen MR) is 96.9 cm³/mol. The molecule has 0 aromatic heterocycles. The Morgan fingerprint density at radius 3 is 2.44 bits per heavy atom. The van der Waals surface area contributed by atoms with Crippen molar-refractivity contribution in [1.29, 1.82) is 0 Å². The Morgan fingerprint density at radius 1 is 1.07 bits per heavy atom. The van der Waals surface area contributed by atoms with Gasteiger partial charge in [0.1, 0.15) is 5.54 Å². The number of hydrogen-bond acceptors (Lipinski definition) is 2. The van der Waals surface area contributed by atoms with Crippen LogP contribution in [-0.4, -0.2) is 18.0 Å². The van der Waals surface area contributed by atoms with Gasteiger partial charge in [0, 0.05) is 12.6 Å². The highest BCUT2D eigenvalue weighted by molar-refractivity contribution is 5.89. The Bertz CT molecular complexity index is 862. The summed E-state index contributed by atoms with van der Waals surface area (Å²) < 4.78 is 38.3. The van der Waals surface area contributed by atoms with Gasteiger partial charge in [-0.1, -0.05) is 37.3 Å². The van der Waals surface area contributed by atoms with Crippen LogP contribution in [0.25, 0.3) is 11.1 Å². The van der Waals surface area contributed by atoms with Gasteiger partial charge in [0.15, 0.2) is 0 Å². The summed E-state index contributed by atoms with van der Waals surface area (Å²) in [5, 5.41) is 6.45. The van der Waals surface area contributed by atoms with Crippen molar-refractivity contribution in [3.63, 3.8) is 0 Å². The molecule has 2 saturated heterocycles. The van der Waals surface area contributed by atoms with Gasteiger partial charge in [0.05, 0.1) is 5.56 Å². The molecule has 27 heavy (non-hydrogen) atoms. The summed E-state index contributed by atoms with van der Waals surface area (Å²) in [6, 6.07) is 13.1. The Hall–Kier alpha value is -2.34. The SMILES string of the molecule is CC1CC(c2cccc(-c3ccc(C(F)(F)F)cc3)c2)NC12CCNC2=O. The molecule has 1 spiro atoms. The minimum absolute atomic E-state index is 0.0539. The predicted octanol–water partition coefficient (Wildman–Crippen LogP) is 4.30. The normalized spacial score (nSPS) is 27.9. The second-order valence-electron chi connectivity index (χ2n) is 7.51. The van der Waals surface area contributed by atoms with Gasteiger partial charge in [-0.15, -0.1) is 0 Å². The maximum absolute atomic E-state index is 12.8. The first-order valence-electron chi connectivity index (χ1n) is 9.13. The Labute approximate surface area is 156 Å². The number of halogens is 3. The first kappa shape index (κ1) is 18.0. The zero-order chi connectivity index (χ0) is 19.2. The zero-order valence-electron chi connectivity index (χ0n) is 14.9. The van der Waals surface area contributed by atoms with Crippen LogP contribution >= 0.6 is 0 Å². The fraction of sp³-hybridized carbons (Fsp3) is 0.381. The maximum Gasteiger partial charge on any atom is 0.416 e. The monoisotopic (exact) mass is 374 g/mol. The average Bonchev–Trinajstić information content (AvgIpc) is 3.18. The van der Waals surface area contributed by atoms with E-state index in [0.717, 1.165) is 41.7 Å². The van der Waals surface area contributed by atoms with Crippen molar-refractivity contribution in [2.75, 3.05) is 6.54 Å². The van der Waals surface area contributed by atoms with Gasteiger partial charge < -0.3 is 5.32 Å². The van der Waals surface area contributed by atoms with Gasteiger partial charge in [-0.25, -0.2) is 0 Å². The van der Waals surface area contributed by atoms with Crippen LogP contribution in [0.5, 0.6) is 0 Å². The summed E-state index contributed by atoms with van der Waals surface area (Å²) in [5.74, 6) is 0.288. The molecular formula is C21H21F3N2O. The van der Waals surface area contributed by atoms with E-state index in [1.54, 1.807) is 0 Å². The summed E-state index contributed by atoms with van der Waals surface area (Å²) >= 11 is 0. The van der Waals surface area contributed by atoms with Crippen LogP contribution < -0.4 is 10.6 Å². The van der Waals surface area contributed by atoms with E-state index in [9.17, 15) is 18.0 Å². The second-order valence-corrected chi connectivity index (χ2v) is 7.51. The van der Waals surface area contributed by atoms with Crippen molar-refractivity contribution in [2.24, 2.45) is 5.92 Å². The topological polar surface area (TPSA) is 41.1 Å². The van der Waals surface area contributed by atoms with Crippen molar-refractivity contribution >= 4 is 5.91 Å². The van der Waals surface area contributed by atoms with E-state index in [1.165, 1.54) is 12.1 Å². The standard InChI is InChI=1S/C21H21F3N2O/c1-13-11-18(26-20(13)9-10-25-19(20)27)16-4-2-3-15(12-16)14-5-7-17(8-6-14)21(22,23)24/h2-8,12-13,18,26H,9-11H2,1H3,(H,25,27). The lowest BCUT2D eigenvalue weighted by atomic mass is 9.85. The largest absolute Gasteiger partial charge is 0.416 e. The number of benzene rings is 2. The van der Waals surface area contributed by atoms with Crippen molar-refractivity contribution in [2.45, 2.75) is 37.5 Å². The smallest absolute Gasteiger partial charge is 0.354 e. The molecule has 1 amide bonds. The molecule has 0 radical (unpaired) electrons. The number of carbonyl (C=O) groups excluding carboxylic acids is 1. The lowest BCUT2D eigenvalue weighted by Crippen LogP contribution is -2.50. The molecule has 6 heteroatoms. The zero-order valence-corrected chi connectivity index (χ0v) is 14.9. The van der Waals surface area contributed by atoms with Gasteiger partial charge in [0.2, 0.25) is 5.91 Å². The highest BCUT2D eigenvalue weighted by atomic mass is 19.4. The molecule has 2 aliphatic rings. The third-order valence-corrected chi connectivity index (χ3v) is 5.91. The molecule has 0 aliphatic carbocycles. The molecule has 2 heterocycles. The van der Waals surface area contributed by atoms with E-state index in [-0.39, 0.29) is 17.9 Å². The van der Waals surface area contributed by atoms with Crippen molar-refractivity contribution in [3.8, 4) is 11.1 Å². The van der Waals surface area contributed by atoms with E-state index in [0.29, 0.717) is 6.54 Å². The molecule has 142 valence electrons. The number of nitrogens with one attached hydrogen (secondary N) is 2. The molecular weight excluding hydrogens is 353 g/mol. The molecule has 2 aromatic rings. The van der Waals surface area contributed by atoms with Crippen LogP contribution in [0.1, 0.15) is 36.9 Å². The molecule has 3 nitrogen and oxygen atoms in total. The summed E-state index contributed by atoms with van der Waals surface area (Å²) in [6.07, 6.45) is -2.70. The maximum atomic E-state index is 12.8. The quantitative estimate of drug-likeness (QED) is 0.823. The summed E-state index contributed by atoms with van der Waals surface area (Å²) in [4.78, 5) is 12.3. The Morgan fingerprint density at radius 2 is 1.81 bits per heavy atom. The van der Waals surface area contributed by atoms with Crippen LogP contribution in [0, 0.1) is 5.92 Å². The number of hydrogen-bond donors (Lipinski definition) is 2. The summed E-state index contributed by atoms with van der Waals surface area (Å²) in [5.41, 5.74) is 1.50. The lowest BCUT2D eigenvalue weighted by Gasteiger charge is -2.26. The highest BCUT2D eigenvalue weighted by Gasteiger charge is 2.52. The molecule has 0 bridgehead atoms. The first-order valence-corrected chi connectivity index (χ1v) is 9.13. The number of alkyl halides is 3. The molecule has 3 unspecified atom stereocenters. The number of rotatable bonds is 2. The Kier molecular flexibility index (Phi) is 4.26. The summed E-state index contributed by atoms with van der Waals surface area (Å²) in [6.45, 7) is 2.78. The van der Waals surface area contributed by atoms with Crippen molar-refractivity contribution < 1.29 is 18.0 Å². The number of amides is 1. The summed E-state index contributed by atoms with van der Waals surface area (Å²) in [7, 11) is 0. The average molecular weight is 374 g/mol. The molecule has 4 rings (SSSR count). The van der Waals surface area contributed by atoms with Crippen molar-refractivity contribution in [1.82, 2.24) is 10.6 Å². The number of carbonyl (C=O) groups is 1. The van der Waals surface area contributed by atoms with Crippen LogP contribution in [0.15, 0.2) is 48.5 Å². The van der Waals surface area contributed by atoms with Crippen LogP contribution in [0.4, 0.5) is 13.2 Å². The minimum Gasteiger partial charge on any atom is -0.354 e. The second kappa shape index (κ2) is 6.37. The third kappa shape index (κ3) is 3.12. The van der Waals surface area contributed by atoms with E-state index in [4.69, 9.17) is 0 Å². The van der Waals surface area contributed by atoms with E-state index < -0.39 is 17.3 Å². The third-order valence-electron chi connectivity index (χ3n) is 5.91. The minimum atomic E-state index is -4.33. The Balaban J connectivity index is 1.59. The van der Waals surface area contributed by atoms with Crippen LogP contribution in [0.2, 0.25) is 0 Å². The molecule has 3 atom stereocenters. The fourth-order valence-electron chi connectivity index (χ4n) is 4.33. The van der Waals surface area contributed by atoms with Gasteiger partial charge in [-0.2, -0.15) is 13.2 Å². The molecule has 2 N–H and O–H groups in total. The van der Waals surface area contributed by atoms with Gasteiger partial charge >= 0.3 is 6.18 Å². The molecule has 2 aliphatic heterocycles. The molecule has 2 aromatic carbocycles. The van der Waals surface area contributed by atoms with Gasteiger partial charge in [-0.05, 0) is 53.6 Å². The van der Waals surface area contributed by atoms with E-state index in [2.05, 4.69) is 17.6 Å². The van der Waals surface area contributed by atoms with Crippen LogP contribution in [-0.2, 0) is 11.0 Å². The van der Waals surface area contributed by atoms with Gasteiger partial charge in [0.25, 0.3) is 0 Å². The highest BCUT2D eigenvalue weighted by Crippen LogP contribution is 2.42. The van der Waals surface area contributed by atoms with E-state index >= 15 is 0 Å². The van der Waals surface area contributed by atoms with Crippen LogP contribution in [0.3, 0.4) is 0 Å². The van der Waals surface area contributed by atoms with Crippen molar-refractivity contribution in [3.05, 3.63) is 59.7 Å².